The maximum absolute atomic E-state index is 12.4. The predicted molar refractivity (Wildman–Crippen MR) is 72.6 cm³/mol. The van der Waals surface area contributed by atoms with Crippen molar-refractivity contribution in [3.8, 4) is 5.75 Å². The highest BCUT2D eigenvalue weighted by Crippen LogP contribution is 2.31. The first-order chi connectivity index (χ1) is 9.91. The van der Waals surface area contributed by atoms with Gasteiger partial charge in [-0.25, -0.2) is 0 Å². The Morgan fingerprint density at radius 1 is 1.43 bits per heavy atom. The molecule has 0 saturated carbocycles. The van der Waals surface area contributed by atoms with Gasteiger partial charge in [0.1, 0.15) is 0 Å². The molecule has 1 atom stereocenters. The van der Waals surface area contributed by atoms with Crippen LogP contribution in [-0.2, 0) is 4.79 Å². The standard InChI is InChI=1S/C13H15N3O5/c14-12(18)8-3-2-6-15(7-8)13(19)9-4-1-5-10(11(9)17)16(20)21/h1,4-5,8,17H,2-3,6-7H2,(H2,14,18). The van der Waals surface area contributed by atoms with Gasteiger partial charge in [0.15, 0.2) is 0 Å². The van der Waals surface area contributed by atoms with Crippen LogP contribution in [-0.4, -0.2) is 39.8 Å². The molecule has 112 valence electrons. The van der Waals surface area contributed by atoms with E-state index in [0.717, 1.165) is 6.07 Å². The summed E-state index contributed by atoms with van der Waals surface area (Å²) in [5.74, 6) is -2.10. The second-order valence-electron chi connectivity index (χ2n) is 4.92. The zero-order valence-electron chi connectivity index (χ0n) is 11.2. The SMILES string of the molecule is NC(=O)C1CCCN(C(=O)c2cccc([N+](=O)[O-])c2O)C1. The second kappa shape index (κ2) is 5.78. The largest absolute Gasteiger partial charge is 0.502 e. The number of nitrogens with two attached hydrogens (primary N) is 1. The van der Waals surface area contributed by atoms with E-state index in [0.29, 0.717) is 19.4 Å². The number of phenolic OH excluding ortho intramolecular Hbond substituents is 1. The minimum absolute atomic E-state index is 0.144. The topological polar surface area (TPSA) is 127 Å². The van der Waals surface area contributed by atoms with E-state index in [1.807, 2.05) is 0 Å². The molecular weight excluding hydrogens is 278 g/mol. The number of amides is 2. The van der Waals surface area contributed by atoms with Gasteiger partial charge in [0, 0.05) is 19.2 Å². The number of nitro benzene ring substituents is 1. The Morgan fingerprint density at radius 3 is 2.76 bits per heavy atom. The number of phenols is 1. The molecule has 8 heteroatoms. The molecule has 2 rings (SSSR count). The molecule has 1 saturated heterocycles. The van der Waals surface area contributed by atoms with Gasteiger partial charge in [-0.1, -0.05) is 6.07 Å². The number of nitro groups is 1. The maximum Gasteiger partial charge on any atom is 0.311 e. The second-order valence-corrected chi connectivity index (χ2v) is 4.92. The van der Waals surface area contributed by atoms with Crippen LogP contribution in [0.1, 0.15) is 23.2 Å². The van der Waals surface area contributed by atoms with Gasteiger partial charge in [-0.15, -0.1) is 0 Å². The van der Waals surface area contributed by atoms with E-state index in [-0.39, 0.29) is 12.1 Å². The molecule has 2 amide bonds. The van der Waals surface area contributed by atoms with Crippen LogP contribution in [0.3, 0.4) is 0 Å². The summed E-state index contributed by atoms with van der Waals surface area (Å²) < 4.78 is 0. The quantitative estimate of drug-likeness (QED) is 0.624. The van der Waals surface area contributed by atoms with Crippen molar-refractivity contribution >= 4 is 17.5 Å². The Morgan fingerprint density at radius 2 is 2.14 bits per heavy atom. The molecule has 1 heterocycles. The fourth-order valence-corrected chi connectivity index (χ4v) is 2.42. The molecule has 0 bridgehead atoms. The number of hydrogen-bond acceptors (Lipinski definition) is 5. The first-order valence-electron chi connectivity index (χ1n) is 6.46. The van der Waals surface area contributed by atoms with Crippen molar-refractivity contribution < 1.29 is 19.6 Å². The number of nitrogens with zero attached hydrogens (tertiary/aromatic N) is 2. The summed E-state index contributed by atoms with van der Waals surface area (Å²) in [6, 6.07) is 3.77. The van der Waals surface area contributed by atoms with Crippen molar-refractivity contribution in [3.05, 3.63) is 33.9 Å². The molecule has 21 heavy (non-hydrogen) atoms. The van der Waals surface area contributed by atoms with Gasteiger partial charge in [0.05, 0.1) is 16.4 Å². The normalized spacial score (nSPS) is 18.3. The van der Waals surface area contributed by atoms with Gasteiger partial charge >= 0.3 is 5.69 Å². The Balaban J connectivity index is 2.26. The lowest BCUT2D eigenvalue weighted by Crippen LogP contribution is -2.44. The van der Waals surface area contributed by atoms with Gasteiger partial charge in [0.25, 0.3) is 5.91 Å². The molecule has 1 aliphatic rings. The zero-order chi connectivity index (χ0) is 15.6. The zero-order valence-corrected chi connectivity index (χ0v) is 11.2. The Kier molecular flexibility index (Phi) is 4.06. The molecule has 8 nitrogen and oxygen atoms in total. The van der Waals surface area contributed by atoms with Crippen molar-refractivity contribution in [1.29, 1.82) is 0 Å². The highest BCUT2D eigenvalue weighted by molar-refractivity contribution is 5.98. The lowest BCUT2D eigenvalue weighted by atomic mass is 9.96. The number of piperidine rings is 1. The summed E-state index contributed by atoms with van der Waals surface area (Å²) in [4.78, 5) is 35.0. The van der Waals surface area contributed by atoms with E-state index in [2.05, 4.69) is 0 Å². The van der Waals surface area contributed by atoms with E-state index in [1.165, 1.54) is 17.0 Å². The van der Waals surface area contributed by atoms with Crippen LogP contribution in [0.4, 0.5) is 5.69 Å². The van der Waals surface area contributed by atoms with Crippen LogP contribution in [0.25, 0.3) is 0 Å². The van der Waals surface area contributed by atoms with E-state index in [4.69, 9.17) is 5.73 Å². The third-order valence-corrected chi connectivity index (χ3v) is 3.55. The third kappa shape index (κ3) is 2.93. The van der Waals surface area contributed by atoms with Crippen LogP contribution >= 0.6 is 0 Å². The van der Waals surface area contributed by atoms with Gasteiger partial charge in [-0.05, 0) is 18.9 Å². The minimum atomic E-state index is -0.755. The van der Waals surface area contributed by atoms with Gasteiger partial charge in [-0.3, -0.25) is 19.7 Å². The van der Waals surface area contributed by atoms with E-state index in [9.17, 15) is 24.8 Å². The van der Waals surface area contributed by atoms with Gasteiger partial charge < -0.3 is 15.7 Å². The highest BCUT2D eigenvalue weighted by atomic mass is 16.6. The van der Waals surface area contributed by atoms with E-state index < -0.39 is 34.1 Å². The number of likely N-dealkylation sites (tertiary alicyclic amines) is 1. The summed E-state index contributed by atoms with van der Waals surface area (Å²) >= 11 is 0. The first kappa shape index (κ1) is 14.8. The number of para-hydroxylation sites is 1. The molecule has 1 aromatic rings. The van der Waals surface area contributed by atoms with Crippen LogP contribution in [0.15, 0.2) is 18.2 Å². The monoisotopic (exact) mass is 293 g/mol. The van der Waals surface area contributed by atoms with Crippen LogP contribution in [0.2, 0.25) is 0 Å². The van der Waals surface area contributed by atoms with Crippen molar-refractivity contribution in [2.45, 2.75) is 12.8 Å². The van der Waals surface area contributed by atoms with Crippen LogP contribution in [0.5, 0.6) is 5.75 Å². The fourth-order valence-electron chi connectivity index (χ4n) is 2.42. The summed E-state index contributed by atoms with van der Waals surface area (Å²) in [5, 5.41) is 20.6. The van der Waals surface area contributed by atoms with E-state index >= 15 is 0 Å². The molecule has 1 aliphatic heterocycles. The van der Waals surface area contributed by atoms with Crippen molar-refractivity contribution in [2.75, 3.05) is 13.1 Å². The molecular formula is C13H15N3O5. The number of hydrogen-bond donors (Lipinski definition) is 2. The van der Waals surface area contributed by atoms with E-state index in [1.54, 1.807) is 0 Å². The minimum Gasteiger partial charge on any atom is -0.502 e. The molecule has 0 spiro atoms. The maximum atomic E-state index is 12.4. The number of benzene rings is 1. The average Bonchev–Trinajstić information content (AvgIpc) is 2.46. The number of rotatable bonds is 3. The van der Waals surface area contributed by atoms with Crippen LogP contribution < -0.4 is 5.73 Å². The lowest BCUT2D eigenvalue weighted by Gasteiger charge is -2.31. The van der Waals surface area contributed by atoms with Crippen molar-refractivity contribution in [3.63, 3.8) is 0 Å². The average molecular weight is 293 g/mol. The summed E-state index contributed by atoms with van der Waals surface area (Å²) in [6.45, 7) is 0.584. The Hall–Kier alpha value is -2.64. The van der Waals surface area contributed by atoms with Gasteiger partial charge in [-0.2, -0.15) is 0 Å². The summed E-state index contributed by atoms with van der Waals surface area (Å²) in [5.41, 5.74) is 4.58. The third-order valence-electron chi connectivity index (χ3n) is 3.55. The fraction of sp³-hybridized carbons (Fsp3) is 0.385. The molecule has 0 aromatic heterocycles. The number of primary amides is 1. The van der Waals surface area contributed by atoms with Gasteiger partial charge in [0.2, 0.25) is 11.7 Å². The molecule has 3 N–H and O–H groups in total. The van der Waals surface area contributed by atoms with Crippen molar-refractivity contribution in [1.82, 2.24) is 4.90 Å². The lowest BCUT2D eigenvalue weighted by molar-refractivity contribution is -0.385. The molecule has 1 fully saturated rings. The van der Waals surface area contributed by atoms with Crippen LogP contribution in [0, 0.1) is 16.0 Å². The smallest absolute Gasteiger partial charge is 0.311 e. The Labute approximate surface area is 120 Å². The molecule has 1 unspecified atom stereocenters. The Bertz CT molecular complexity index is 601. The summed E-state index contributed by atoms with van der Waals surface area (Å²) in [7, 11) is 0. The number of carbonyl (C=O) groups excluding carboxylic acids is 2. The van der Waals surface area contributed by atoms with Crippen molar-refractivity contribution in [2.24, 2.45) is 11.7 Å². The summed E-state index contributed by atoms with van der Waals surface area (Å²) in [6.07, 6.45) is 1.23. The molecule has 0 radical (unpaired) electrons. The first-order valence-corrected chi connectivity index (χ1v) is 6.46. The predicted octanol–water partition coefficient (Wildman–Crippen LogP) is 0.638. The molecule has 0 aliphatic carbocycles. The highest BCUT2D eigenvalue weighted by Gasteiger charge is 2.30. The number of aromatic hydroxyl groups is 1. The molecule has 1 aromatic carbocycles. The number of carbonyl (C=O) groups is 2.